The molecule has 0 spiro atoms. The van der Waals surface area contributed by atoms with Crippen molar-refractivity contribution >= 4 is 52.5 Å². The molecule has 13 heteroatoms. The molecule has 38 heavy (non-hydrogen) atoms. The molecule has 3 atom stereocenters. The van der Waals surface area contributed by atoms with E-state index in [4.69, 9.17) is 5.73 Å². The molecule has 0 saturated carbocycles. The number of likely N-dealkylation sites (tertiary alicyclic amines) is 1. The van der Waals surface area contributed by atoms with Crippen LogP contribution in [0.2, 0.25) is 0 Å². The minimum Gasteiger partial charge on any atom is -0.368 e. The first-order valence-electron chi connectivity index (χ1n) is 11.8. The maximum absolute atomic E-state index is 13.5. The number of nitrogens with one attached hydrogen (secondary N) is 3. The zero-order valence-electron chi connectivity index (χ0n) is 20.5. The van der Waals surface area contributed by atoms with Crippen LogP contribution in [-0.2, 0) is 16.0 Å². The lowest BCUT2D eigenvalue weighted by molar-refractivity contribution is -0.130. The third kappa shape index (κ3) is 6.66. The van der Waals surface area contributed by atoms with Gasteiger partial charge in [-0.05, 0) is 42.3 Å². The number of nitrogens with zero attached hydrogens (tertiary/aromatic N) is 3. The maximum Gasteiger partial charge on any atom is 0.319 e. The van der Waals surface area contributed by atoms with Gasteiger partial charge in [0.2, 0.25) is 11.8 Å². The number of anilines is 1. The van der Waals surface area contributed by atoms with Crippen molar-refractivity contribution in [2.45, 2.75) is 35.9 Å². The normalized spacial score (nSPS) is 17.4. The van der Waals surface area contributed by atoms with Gasteiger partial charge in [0.15, 0.2) is 0 Å². The summed E-state index contributed by atoms with van der Waals surface area (Å²) >= 11 is 2.98. The number of benzene rings is 1. The number of thioether (sulfide) groups is 1. The number of amides is 5. The topological polar surface area (TPSA) is 159 Å². The highest BCUT2D eigenvalue weighted by molar-refractivity contribution is 7.98. The Morgan fingerprint density at radius 3 is 2.74 bits per heavy atom. The number of nitrogens with two attached hydrogens (primary N) is 1. The number of rotatable bonds is 9. The SMILES string of the molecule is CSc1cccc(NC(=O)N[C@H]2CCN(C(=O)c3cnccn3)[C@@H]2C(=O)N[C@@H](Cc2cccs2)C(N)=O)c1. The first-order chi connectivity index (χ1) is 18.4. The van der Waals surface area contributed by atoms with Crippen LogP contribution in [0.15, 0.2) is 65.3 Å². The van der Waals surface area contributed by atoms with E-state index in [2.05, 4.69) is 25.9 Å². The highest BCUT2D eigenvalue weighted by Gasteiger charge is 2.44. The molecule has 5 N–H and O–H groups in total. The van der Waals surface area contributed by atoms with Crippen molar-refractivity contribution in [3.05, 3.63) is 70.9 Å². The first-order valence-corrected chi connectivity index (χ1v) is 13.9. The maximum atomic E-state index is 13.5. The number of urea groups is 1. The van der Waals surface area contributed by atoms with Crippen LogP contribution in [0, 0.1) is 0 Å². The fourth-order valence-electron chi connectivity index (χ4n) is 4.20. The van der Waals surface area contributed by atoms with Crippen LogP contribution in [0.3, 0.4) is 0 Å². The van der Waals surface area contributed by atoms with E-state index >= 15 is 0 Å². The van der Waals surface area contributed by atoms with E-state index in [1.807, 2.05) is 42.0 Å². The Morgan fingerprint density at radius 2 is 2.05 bits per heavy atom. The summed E-state index contributed by atoms with van der Waals surface area (Å²) in [7, 11) is 0. The third-order valence-corrected chi connectivity index (χ3v) is 7.62. The lowest BCUT2D eigenvalue weighted by Gasteiger charge is -2.29. The summed E-state index contributed by atoms with van der Waals surface area (Å²) in [5, 5.41) is 10.1. The molecule has 1 fully saturated rings. The second kappa shape index (κ2) is 12.5. The Labute approximate surface area is 227 Å². The fourth-order valence-corrected chi connectivity index (χ4v) is 5.41. The zero-order valence-corrected chi connectivity index (χ0v) is 22.1. The lowest BCUT2D eigenvalue weighted by atomic mass is 10.1. The van der Waals surface area contributed by atoms with Gasteiger partial charge in [-0.1, -0.05) is 12.1 Å². The molecule has 0 bridgehead atoms. The number of carbonyl (C=O) groups excluding carboxylic acids is 4. The Morgan fingerprint density at radius 1 is 1.21 bits per heavy atom. The monoisotopic (exact) mass is 553 g/mol. The van der Waals surface area contributed by atoms with Gasteiger partial charge in [0.25, 0.3) is 5.91 Å². The van der Waals surface area contributed by atoms with Crippen LogP contribution in [0.1, 0.15) is 21.8 Å². The molecule has 1 aromatic carbocycles. The van der Waals surface area contributed by atoms with Crippen molar-refractivity contribution in [1.82, 2.24) is 25.5 Å². The molecule has 1 aliphatic heterocycles. The number of hydrogen-bond donors (Lipinski definition) is 4. The van der Waals surface area contributed by atoms with Crippen molar-refractivity contribution in [1.29, 1.82) is 0 Å². The molecule has 3 aromatic rings. The number of carbonyl (C=O) groups is 4. The summed E-state index contributed by atoms with van der Waals surface area (Å²) in [6.45, 7) is 0.187. The zero-order chi connectivity index (χ0) is 27.1. The van der Waals surface area contributed by atoms with Crippen molar-refractivity contribution in [2.24, 2.45) is 5.73 Å². The van der Waals surface area contributed by atoms with Gasteiger partial charge in [-0.25, -0.2) is 9.78 Å². The van der Waals surface area contributed by atoms with Gasteiger partial charge in [-0.2, -0.15) is 0 Å². The van der Waals surface area contributed by atoms with Gasteiger partial charge in [-0.15, -0.1) is 23.1 Å². The largest absolute Gasteiger partial charge is 0.368 e. The Balaban J connectivity index is 1.53. The van der Waals surface area contributed by atoms with Gasteiger partial charge >= 0.3 is 6.03 Å². The molecule has 2 aromatic heterocycles. The minimum absolute atomic E-state index is 0.0642. The molecule has 0 aliphatic carbocycles. The van der Waals surface area contributed by atoms with Gasteiger partial charge in [0, 0.05) is 40.8 Å². The summed E-state index contributed by atoms with van der Waals surface area (Å²) in [6, 6.07) is 7.67. The average Bonchev–Trinajstić information content (AvgIpc) is 3.58. The van der Waals surface area contributed by atoms with Crippen LogP contribution in [0.4, 0.5) is 10.5 Å². The predicted molar refractivity (Wildman–Crippen MR) is 145 cm³/mol. The van der Waals surface area contributed by atoms with E-state index in [0.717, 1.165) is 9.77 Å². The average molecular weight is 554 g/mol. The lowest BCUT2D eigenvalue weighted by Crippen LogP contribution is -2.58. The Kier molecular flexibility index (Phi) is 8.92. The fraction of sp³-hybridized carbons (Fsp3) is 0.280. The molecule has 0 radical (unpaired) electrons. The summed E-state index contributed by atoms with van der Waals surface area (Å²) in [6.07, 6.45) is 6.60. The number of primary amides is 1. The van der Waals surface area contributed by atoms with Crippen LogP contribution in [-0.4, -0.2) is 69.5 Å². The summed E-state index contributed by atoms with van der Waals surface area (Å²) < 4.78 is 0. The standard InChI is InChI=1S/C25H27N7O4S2/c1-37-16-5-2-4-15(12-16)29-25(36)31-18-7-10-32(24(35)20-14-27-8-9-28-20)21(18)23(34)30-19(22(26)33)13-17-6-3-11-38-17/h2-6,8-9,11-12,14,18-19,21H,7,10,13H2,1H3,(H2,26,33)(H,30,34)(H2,29,31,36)/t18-,19-,21-/m0/s1. The quantitative estimate of drug-likeness (QED) is 0.294. The molecule has 198 valence electrons. The molecule has 0 unspecified atom stereocenters. The molecule has 11 nitrogen and oxygen atoms in total. The van der Waals surface area contributed by atoms with Gasteiger partial charge in [0.1, 0.15) is 17.8 Å². The second-order valence-corrected chi connectivity index (χ2v) is 10.4. The van der Waals surface area contributed by atoms with Crippen molar-refractivity contribution in [3.8, 4) is 0 Å². The number of thiophene rings is 1. The Hall–Kier alpha value is -3.97. The van der Waals surface area contributed by atoms with Crippen molar-refractivity contribution < 1.29 is 19.2 Å². The van der Waals surface area contributed by atoms with E-state index < -0.39 is 41.9 Å². The van der Waals surface area contributed by atoms with Gasteiger partial charge in [0.05, 0.1) is 12.2 Å². The molecule has 3 heterocycles. The minimum atomic E-state index is -1.10. The highest BCUT2D eigenvalue weighted by atomic mass is 32.2. The highest BCUT2D eigenvalue weighted by Crippen LogP contribution is 2.23. The summed E-state index contributed by atoms with van der Waals surface area (Å²) in [5.74, 6) is -1.81. The van der Waals surface area contributed by atoms with Crippen LogP contribution < -0.4 is 21.7 Å². The Bertz CT molecular complexity index is 1290. The molecular weight excluding hydrogens is 526 g/mol. The molecule has 5 amide bonds. The van der Waals surface area contributed by atoms with Gasteiger partial charge < -0.3 is 26.6 Å². The predicted octanol–water partition coefficient (Wildman–Crippen LogP) is 1.88. The molecule has 4 rings (SSSR count). The third-order valence-electron chi connectivity index (χ3n) is 6.00. The van der Waals surface area contributed by atoms with Crippen LogP contribution in [0.5, 0.6) is 0 Å². The van der Waals surface area contributed by atoms with E-state index in [-0.39, 0.29) is 18.7 Å². The van der Waals surface area contributed by atoms with Crippen molar-refractivity contribution in [3.63, 3.8) is 0 Å². The summed E-state index contributed by atoms with van der Waals surface area (Å²) in [4.78, 5) is 63.0. The smallest absolute Gasteiger partial charge is 0.319 e. The van der Waals surface area contributed by atoms with Crippen LogP contribution >= 0.6 is 23.1 Å². The molecule has 1 saturated heterocycles. The number of aromatic nitrogens is 2. The van der Waals surface area contributed by atoms with Crippen LogP contribution in [0.25, 0.3) is 0 Å². The van der Waals surface area contributed by atoms with Crippen molar-refractivity contribution in [2.75, 3.05) is 18.1 Å². The van der Waals surface area contributed by atoms with E-state index in [1.54, 1.807) is 17.8 Å². The molecular formula is C25H27N7O4S2. The second-order valence-electron chi connectivity index (χ2n) is 8.51. The van der Waals surface area contributed by atoms with E-state index in [9.17, 15) is 19.2 Å². The van der Waals surface area contributed by atoms with E-state index in [1.165, 1.54) is 34.8 Å². The first kappa shape index (κ1) is 27.1. The number of hydrogen-bond acceptors (Lipinski definition) is 8. The van der Waals surface area contributed by atoms with Gasteiger partial charge in [-0.3, -0.25) is 19.4 Å². The van der Waals surface area contributed by atoms with E-state index in [0.29, 0.717) is 12.1 Å². The summed E-state index contributed by atoms with van der Waals surface area (Å²) in [5.41, 5.74) is 6.23. The molecule has 1 aliphatic rings.